The van der Waals surface area contributed by atoms with Crippen LogP contribution in [0.4, 0.5) is 0 Å². The Kier molecular flexibility index (Phi) is 5.26. The van der Waals surface area contributed by atoms with Gasteiger partial charge in [0.25, 0.3) is 0 Å². The molecule has 0 amide bonds. The van der Waals surface area contributed by atoms with Gasteiger partial charge in [0.1, 0.15) is 11.5 Å². The third kappa shape index (κ3) is 3.07. The molecular formula is C16H20BrNO2. The Balaban J connectivity index is 2.48. The molecule has 0 bridgehead atoms. The second-order valence-electron chi connectivity index (χ2n) is 4.49. The SMILES string of the molecule is CCOc1ccc(Br)cc1C(NC)c1ccoc1CC. The van der Waals surface area contributed by atoms with Crippen molar-refractivity contribution in [2.24, 2.45) is 0 Å². The number of hydrogen-bond donors (Lipinski definition) is 1. The summed E-state index contributed by atoms with van der Waals surface area (Å²) in [5.74, 6) is 1.91. The average Bonchev–Trinajstić information content (AvgIpc) is 2.91. The largest absolute Gasteiger partial charge is 0.494 e. The van der Waals surface area contributed by atoms with E-state index in [0.717, 1.165) is 33.5 Å². The van der Waals surface area contributed by atoms with Crippen molar-refractivity contribution >= 4 is 15.9 Å². The van der Waals surface area contributed by atoms with E-state index in [-0.39, 0.29) is 6.04 Å². The number of halogens is 1. The first-order valence-electron chi connectivity index (χ1n) is 6.87. The number of nitrogens with one attached hydrogen (secondary N) is 1. The summed E-state index contributed by atoms with van der Waals surface area (Å²) >= 11 is 3.54. The first-order valence-corrected chi connectivity index (χ1v) is 7.66. The number of aryl methyl sites for hydroxylation is 1. The predicted molar refractivity (Wildman–Crippen MR) is 84.3 cm³/mol. The molecule has 1 aromatic carbocycles. The molecule has 0 saturated heterocycles. The van der Waals surface area contributed by atoms with Crippen LogP contribution in [-0.4, -0.2) is 13.7 Å². The van der Waals surface area contributed by atoms with Crippen molar-refractivity contribution in [3.63, 3.8) is 0 Å². The van der Waals surface area contributed by atoms with Crippen molar-refractivity contribution in [1.29, 1.82) is 0 Å². The molecule has 1 aromatic heterocycles. The van der Waals surface area contributed by atoms with Crippen molar-refractivity contribution in [2.75, 3.05) is 13.7 Å². The summed E-state index contributed by atoms with van der Waals surface area (Å²) in [5, 5.41) is 3.36. The Hall–Kier alpha value is -1.26. The molecule has 1 atom stereocenters. The van der Waals surface area contributed by atoms with E-state index in [1.807, 2.05) is 32.2 Å². The molecule has 0 aliphatic heterocycles. The zero-order valence-electron chi connectivity index (χ0n) is 12.1. The molecule has 20 heavy (non-hydrogen) atoms. The van der Waals surface area contributed by atoms with Gasteiger partial charge in [0.2, 0.25) is 0 Å². The molecule has 0 fully saturated rings. The Morgan fingerprint density at radius 2 is 2.05 bits per heavy atom. The summed E-state index contributed by atoms with van der Waals surface area (Å²) in [6.45, 7) is 4.74. The molecule has 4 heteroatoms. The molecule has 108 valence electrons. The van der Waals surface area contributed by atoms with Gasteiger partial charge >= 0.3 is 0 Å². The van der Waals surface area contributed by atoms with Gasteiger partial charge in [-0.3, -0.25) is 0 Å². The van der Waals surface area contributed by atoms with Crippen LogP contribution in [0.1, 0.15) is 36.8 Å². The van der Waals surface area contributed by atoms with Crippen molar-refractivity contribution in [1.82, 2.24) is 5.32 Å². The van der Waals surface area contributed by atoms with Crippen LogP contribution in [-0.2, 0) is 6.42 Å². The highest BCUT2D eigenvalue weighted by Gasteiger charge is 2.21. The topological polar surface area (TPSA) is 34.4 Å². The molecule has 1 unspecified atom stereocenters. The van der Waals surface area contributed by atoms with Crippen LogP contribution in [0.5, 0.6) is 5.75 Å². The molecule has 1 N–H and O–H groups in total. The van der Waals surface area contributed by atoms with Crippen molar-refractivity contribution in [3.8, 4) is 5.75 Å². The first kappa shape index (κ1) is 15.1. The van der Waals surface area contributed by atoms with Crippen LogP contribution >= 0.6 is 15.9 Å². The lowest BCUT2D eigenvalue weighted by Gasteiger charge is -2.20. The van der Waals surface area contributed by atoms with Gasteiger partial charge in [-0.1, -0.05) is 22.9 Å². The number of furan rings is 1. The van der Waals surface area contributed by atoms with Crippen molar-refractivity contribution in [3.05, 3.63) is 51.9 Å². The van der Waals surface area contributed by atoms with E-state index in [4.69, 9.17) is 9.15 Å². The van der Waals surface area contributed by atoms with Gasteiger partial charge in [-0.25, -0.2) is 0 Å². The summed E-state index contributed by atoms with van der Waals surface area (Å²) in [4.78, 5) is 0. The maximum atomic E-state index is 5.75. The average molecular weight is 338 g/mol. The standard InChI is InChI=1S/C16H20BrNO2/c1-4-14-12(8-9-20-14)16(18-3)13-10-11(17)6-7-15(13)19-5-2/h6-10,16,18H,4-5H2,1-3H3. The second kappa shape index (κ2) is 6.95. The van der Waals surface area contributed by atoms with Gasteiger partial charge in [-0.15, -0.1) is 0 Å². The molecule has 0 aliphatic rings. The fourth-order valence-corrected chi connectivity index (χ4v) is 2.78. The van der Waals surface area contributed by atoms with Gasteiger partial charge < -0.3 is 14.5 Å². The molecule has 2 rings (SSSR count). The van der Waals surface area contributed by atoms with Crippen LogP contribution in [0.25, 0.3) is 0 Å². The van der Waals surface area contributed by atoms with Crippen molar-refractivity contribution < 1.29 is 9.15 Å². The number of hydrogen-bond acceptors (Lipinski definition) is 3. The first-order chi connectivity index (χ1) is 9.71. The maximum absolute atomic E-state index is 5.75. The Bertz CT molecular complexity index is 565. The predicted octanol–water partition coefficient (Wildman–Crippen LogP) is 4.31. The van der Waals surface area contributed by atoms with Crippen LogP contribution in [0, 0.1) is 0 Å². The molecule has 2 aromatic rings. The van der Waals surface area contributed by atoms with Gasteiger partial charge in [0.05, 0.1) is 18.9 Å². The van der Waals surface area contributed by atoms with Crippen LogP contribution in [0.2, 0.25) is 0 Å². The van der Waals surface area contributed by atoms with Crippen LogP contribution in [0.15, 0.2) is 39.4 Å². The highest BCUT2D eigenvalue weighted by atomic mass is 79.9. The second-order valence-corrected chi connectivity index (χ2v) is 5.41. The molecule has 0 radical (unpaired) electrons. The molecule has 0 saturated carbocycles. The van der Waals surface area contributed by atoms with Gasteiger partial charge in [0, 0.05) is 22.0 Å². The Morgan fingerprint density at radius 1 is 1.25 bits per heavy atom. The minimum atomic E-state index is 0.0581. The highest BCUT2D eigenvalue weighted by molar-refractivity contribution is 9.10. The van der Waals surface area contributed by atoms with E-state index in [1.165, 1.54) is 0 Å². The zero-order valence-corrected chi connectivity index (χ0v) is 13.7. The lowest BCUT2D eigenvalue weighted by Crippen LogP contribution is -2.19. The molecular weight excluding hydrogens is 318 g/mol. The smallest absolute Gasteiger partial charge is 0.124 e. The zero-order chi connectivity index (χ0) is 14.5. The molecule has 0 aliphatic carbocycles. The minimum absolute atomic E-state index is 0.0581. The number of ether oxygens (including phenoxy) is 1. The summed E-state index contributed by atoms with van der Waals surface area (Å²) in [5.41, 5.74) is 2.27. The fourth-order valence-electron chi connectivity index (χ4n) is 2.41. The Labute approximate surface area is 128 Å². The van der Waals surface area contributed by atoms with E-state index in [2.05, 4.69) is 34.2 Å². The van der Waals surface area contributed by atoms with E-state index in [1.54, 1.807) is 6.26 Å². The Morgan fingerprint density at radius 3 is 2.70 bits per heavy atom. The lowest BCUT2D eigenvalue weighted by atomic mass is 9.97. The van der Waals surface area contributed by atoms with E-state index in [9.17, 15) is 0 Å². The van der Waals surface area contributed by atoms with E-state index in [0.29, 0.717) is 6.61 Å². The van der Waals surface area contributed by atoms with Crippen molar-refractivity contribution in [2.45, 2.75) is 26.3 Å². The summed E-state index contributed by atoms with van der Waals surface area (Å²) < 4.78 is 12.4. The van der Waals surface area contributed by atoms with Crippen LogP contribution in [0.3, 0.4) is 0 Å². The summed E-state index contributed by atoms with van der Waals surface area (Å²) in [6.07, 6.45) is 2.62. The molecule has 0 spiro atoms. The lowest BCUT2D eigenvalue weighted by molar-refractivity contribution is 0.334. The number of rotatable bonds is 6. The summed E-state index contributed by atoms with van der Waals surface area (Å²) in [6, 6.07) is 8.17. The quantitative estimate of drug-likeness (QED) is 0.852. The van der Waals surface area contributed by atoms with E-state index >= 15 is 0 Å². The van der Waals surface area contributed by atoms with Gasteiger partial charge in [0.15, 0.2) is 0 Å². The molecule has 1 heterocycles. The number of benzene rings is 1. The van der Waals surface area contributed by atoms with Gasteiger partial charge in [-0.2, -0.15) is 0 Å². The highest BCUT2D eigenvalue weighted by Crippen LogP contribution is 2.34. The normalized spacial score (nSPS) is 12.4. The van der Waals surface area contributed by atoms with E-state index < -0.39 is 0 Å². The monoisotopic (exact) mass is 337 g/mol. The third-order valence-corrected chi connectivity index (χ3v) is 3.78. The fraction of sp³-hybridized carbons (Fsp3) is 0.375. The minimum Gasteiger partial charge on any atom is -0.494 e. The summed E-state index contributed by atoms with van der Waals surface area (Å²) in [7, 11) is 1.95. The van der Waals surface area contributed by atoms with Gasteiger partial charge in [-0.05, 0) is 38.2 Å². The van der Waals surface area contributed by atoms with Crippen LogP contribution < -0.4 is 10.1 Å². The maximum Gasteiger partial charge on any atom is 0.124 e. The molecule has 3 nitrogen and oxygen atoms in total. The third-order valence-electron chi connectivity index (χ3n) is 3.28.